The van der Waals surface area contributed by atoms with Crippen molar-refractivity contribution in [3.63, 3.8) is 0 Å². The minimum atomic E-state index is -1.12. The summed E-state index contributed by atoms with van der Waals surface area (Å²) in [5.74, 6) is 1.43. The molecule has 3 N–H and O–H groups in total. The Morgan fingerprint density at radius 1 is 1.38 bits per heavy atom. The highest BCUT2D eigenvalue weighted by Crippen LogP contribution is 2.33. The highest BCUT2D eigenvalue weighted by molar-refractivity contribution is 8.00. The van der Waals surface area contributed by atoms with Crippen molar-refractivity contribution in [2.24, 2.45) is 0 Å². The van der Waals surface area contributed by atoms with E-state index in [1.165, 1.54) is 11.8 Å². The van der Waals surface area contributed by atoms with Gasteiger partial charge in [-0.2, -0.15) is 0 Å². The molecule has 12 heteroatoms. The van der Waals surface area contributed by atoms with Crippen LogP contribution in [0.1, 0.15) is 23.8 Å². The lowest BCUT2D eigenvalue weighted by Crippen LogP contribution is -2.51. The third-order valence-corrected chi connectivity index (χ3v) is 7.92. The molecule has 3 atom stereocenters. The van der Waals surface area contributed by atoms with Crippen LogP contribution < -0.4 is 15.4 Å². The van der Waals surface area contributed by atoms with Crippen molar-refractivity contribution in [2.45, 2.75) is 36.2 Å². The van der Waals surface area contributed by atoms with Gasteiger partial charge in [0.05, 0.1) is 40.1 Å². The predicted octanol–water partition coefficient (Wildman–Crippen LogP) is 3.99. The molecule has 1 aromatic carbocycles. The van der Waals surface area contributed by atoms with Gasteiger partial charge in [-0.15, -0.1) is 24.2 Å². The number of rotatable bonds is 7. The zero-order chi connectivity index (χ0) is 25.2. The van der Waals surface area contributed by atoms with Gasteiger partial charge in [-0.05, 0) is 48.9 Å². The Hall–Kier alpha value is -2.21. The average Bonchev–Trinajstić information content (AvgIpc) is 2.87. The van der Waals surface area contributed by atoms with Gasteiger partial charge in [0.15, 0.2) is 0 Å². The number of carbonyl (C=O) groups is 1. The molecule has 3 aromatic rings. The van der Waals surface area contributed by atoms with Crippen LogP contribution in [0.25, 0.3) is 10.9 Å². The number of pyridine rings is 2. The molecule has 4 heterocycles. The third kappa shape index (κ3) is 6.27. The number of piperidine rings is 1. The van der Waals surface area contributed by atoms with Gasteiger partial charge >= 0.3 is 0 Å². The molecular formula is C25H28Cl2FN5O3S. The second kappa shape index (κ2) is 12.1. The molecule has 2 unspecified atom stereocenters. The molecule has 8 nitrogen and oxygen atoms in total. The molecule has 198 valence electrons. The van der Waals surface area contributed by atoms with Crippen LogP contribution in [0.5, 0.6) is 5.75 Å². The first kappa shape index (κ1) is 27.8. The van der Waals surface area contributed by atoms with Gasteiger partial charge in [-0.25, -0.2) is 9.37 Å². The van der Waals surface area contributed by atoms with Crippen LogP contribution in [-0.4, -0.2) is 70.6 Å². The average molecular weight is 569 g/mol. The van der Waals surface area contributed by atoms with Crippen LogP contribution in [0, 0.1) is 0 Å². The molecule has 0 aliphatic carbocycles. The molecule has 2 aliphatic rings. The SMILES string of the molecule is COc1ccc2nccc([C@@H](O)CN3CCC(NCc4nc5c(cc4Cl)SCC(=O)N5)C(F)C3)c2c1.Cl. The molecule has 0 spiro atoms. The summed E-state index contributed by atoms with van der Waals surface area (Å²) >= 11 is 7.78. The molecule has 1 saturated heterocycles. The van der Waals surface area contributed by atoms with Crippen molar-refractivity contribution >= 4 is 58.4 Å². The molecule has 1 fully saturated rings. The first-order valence-corrected chi connectivity index (χ1v) is 13.1. The minimum absolute atomic E-state index is 0. The number of ether oxygens (including phenoxy) is 1. The van der Waals surface area contributed by atoms with E-state index in [0.29, 0.717) is 54.1 Å². The first-order chi connectivity index (χ1) is 17.4. The Balaban J connectivity index is 0.00000320. The lowest BCUT2D eigenvalue weighted by molar-refractivity contribution is -0.113. The predicted molar refractivity (Wildman–Crippen MR) is 146 cm³/mol. The fourth-order valence-corrected chi connectivity index (χ4v) is 5.72. The zero-order valence-electron chi connectivity index (χ0n) is 20.1. The molecule has 0 bridgehead atoms. The van der Waals surface area contributed by atoms with Crippen molar-refractivity contribution in [3.8, 4) is 5.75 Å². The number of likely N-dealkylation sites (tertiary alicyclic amines) is 1. The van der Waals surface area contributed by atoms with Crippen LogP contribution in [0.4, 0.5) is 10.2 Å². The second-order valence-corrected chi connectivity index (χ2v) is 10.4. The number of hydrogen-bond acceptors (Lipinski definition) is 8. The maximum atomic E-state index is 15.1. The molecule has 0 saturated carbocycles. The molecule has 2 aliphatic heterocycles. The van der Waals surface area contributed by atoms with Gasteiger partial charge in [-0.1, -0.05) is 11.6 Å². The smallest absolute Gasteiger partial charge is 0.235 e. The zero-order valence-corrected chi connectivity index (χ0v) is 22.5. The van der Waals surface area contributed by atoms with E-state index in [9.17, 15) is 9.90 Å². The summed E-state index contributed by atoms with van der Waals surface area (Å²) in [6, 6.07) is 8.78. The second-order valence-electron chi connectivity index (χ2n) is 8.95. The van der Waals surface area contributed by atoms with Gasteiger partial charge in [0.1, 0.15) is 17.7 Å². The number of hydrogen-bond donors (Lipinski definition) is 3. The number of aliphatic hydroxyl groups excluding tert-OH is 1. The number of anilines is 1. The third-order valence-electron chi connectivity index (χ3n) is 6.56. The lowest BCUT2D eigenvalue weighted by Gasteiger charge is -2.36. The summed E-state index contributed by atoms with van der Waals surface area (Å²) in [4.78, 5) is 23.3. The Morgan fingerprint density at radius 2 is 2.22 bits per heavy atom. The van der Waals surface area contributed by atoms with Crippen molar-refractivity contribution in [1.29, 1.82) is 0 Å². The van der Waals surface area contributed by atoms with Crippen LogP contribution in [0.2, 0.25) is 5.02 Å². The van der Waals surface area contributed by atoms with Gasteiger partial charge in [0, 0.05) is 37.3 Å². The minimum Gasteiger partial charge on any atom is -0.497 e. The van der Waals surface area contributed by atoms with Crippen LogP contribution in [-0.2, 0) is 11.3 Å². The normalized spacial score (nSPS) is 20.6. The maximum absolute atomic E-state index is 15.1. The van der Waals surface area contributed by atoms with Crippen molar-refractivity contribution in [2.75, 3.05) is 37.8 Å². The van der Waals surface area contributed by atoms with Gasteiger partial charge in [0.2, 0.25) is 5.91 Å². The standard InChI is InChI=1S/C25H27ClFN5O3S.ClH/c1-35-14-2-3-19-16(8-14)15(4-6-28-19)22(33)12-32-7-5-20(18(27)11-32)29-10-21-17(26)9-23-25(30-21)31-24(34)13-36-23;/h2-4,6,8-9,18,20,22,29,33H,5,7,10-13H2,1H3,(H,30,31,34);1H/t18?,20?,22-;/m0./s1. The summed E-state index contributed by atoms with van der Waals surface area (Å²) in [5, 5.41) is 18.3. The Kier molecular flexibility index (Phi) is 9.10. The fourth-order valence-electron chi connectivity index (χ4n) is 4.64. The van der Waals surface area contributed by atoms with E-state index < -0.39 is 12.3 Å². The van der Waals surface area contributed by atoms with Crippen molar-refractivity contribution in [3.05, 3.63) is 52.8 Å². The Morgan fingerprint density at radius 3 is 3.00 bits per heavy atom. The van der Waals surface area contributed by atoms with Crippen LogP contribution in [0.15, 0.2) is 41.4 Å². The number of fused-ring (bicyclic) bond motifs is 2. The number of thioether (sulfide) groups is 1. The number of aliphatic hydroxyl groups is 1. The highest BCUT2D eigenvalue weighted by atomic mass is 35.5. The van der Waals surface area contributed by atoms with Crippen LogP contribution in [0.3, 0.4) is 0 Å². The molecular weight excluding hydrogens is 540 g/mol. The molecule has 37 heavy (non-hydrogen) atoms. The number of benzene rings is 1. The van der Waals surface area contributed by atoms with Crippen molar-refractivity contribution in [1.82, 2.24) is 20.2 Å². The Bertz CT molecular complexity index is 1290. The summed E-state index contributed by atoms with van der Waals surface area (Å²) in [6.07, 6.45) is 0.345. The largest absolute Gasteiger partial charge is 0.497 e. The number of halogens is 3. The summed E-state index contributed by atoms with van der Waals surface area (Å²) in [5.41, 5.74) is 2.09. The van der Waals surface area contributed by atoms with E-state index >= 15 is 4.39 Å². The topological polar surface area (TPSA) is 99.6 Å². The number of β-amino-alcohol motifs (C(OH)–C–C–N with tert-alkyl or cyclic N) is 1. The number of amides is 1. The van der Waals surface area contributed by atoms with E-state index in [1.54, 1.807) is 25.4 Å². The van der Waals surface area contributed by atoms with Crippen LogP contribution >= 0.6 is 35.8 Å². The molecule has 2 aromatic heterocycles. The van der Waals surface area contributed by atoms with E-state index in [1.807, 2.05) is 23.1 Å². The summed E-state index contributed by atoms with van der Waals surface area (Å²) in [6.45, 7) is 1.46. The summed E-state index contributed by atoms with van der Waals surface area (Å²) in [7, 11) is 1.60. The summed E-state index contributed by atoms with van der Waals surface area (Å²) < 4.78 is 20.4. The number of alkyl halides is 1. The fraction of sp³-hybridized carbons (Fsp3) is 0.400. The van der Waals surface area contributed by atoms with E-state index in [4.69, 9.17) is 16.3 Å². The monoisotopic (exact) mass is 567 g/mol. The number of carbonyl (C=O) groups excluding carboxylic acids is 1. The Labute approximate surface area is 229 Å². The quantitative estimate of drug-likeness (QED) is 0.394. The number of nitrogens with zero attached hydrogens (tertiary/aromatic N) is 3. The number of nitrogens with one attached hydrogen (secondary N) is 2. The van der Waals surface area contributed by atoms with Gasteiger partial charge in [0.25, 0.3) is 0 Å². The van der Waals surface area contributed by atoms with Gasteiger partial charge < -0.3 is 20.5 Å². The van der Waals surface area contributed by atoms with E-state index in [-0.39, 0.29) is 30.9 Å². The van der Waals surface area contributed by atoms with E-state index in [0.717, 1.165) is 21.4 Å². The van der Waals surface area contributed by atoms with E-state index in [2.05, 4.69) is 20.6 Å². The first-order valence-electron chi connectivity index (χ1n) is 11.7. The molecule has 0 radical (unpaired) electrons. The maximum Gasteiger partial charge on any atom is 0.235 e. The highest BCUT2D eigenvalue weighted by Gasteiger charge is 2.30. The van der Waals surface area contributed by atoms with Crippen molar-refractivity contribution < 1.29 is 19.0 Å². The number of methoxy groups -OCH3 is 1. The van der Waals surface area contributed by atoms with Gasteiger partial charge in [-0.3, -0.25) is 14.7 Å². The lowest BCUT2D eigenvalue weighted by atomic mass is 10.00. The molecule has 1 amide bonds. The number of aromatic nitrogens is 2. The molecule has 5 rings (SSSR count).